The summed E-state index contributed by atoms with van der Waals surface area (Å²) in [4.78, 5) is 32.0. The fraction of sp³-hybridized carbons (Fsp3) is 0.421. The van der Waals surface area contributed by atoms with E-state index in [1.54, 1.807) is 18.1 Å². The number of carbonyl (C=O) groups is 2. The highest BCUT2D eigenvalue weighted by atomic mass is 32.1. The van der Waals surface area contributed by atoms with Crippen LogP contribution < -0.4 is 15.4 Å². The number of thiazole rings is 1. The number of hydrogen-bond donors (Lipinski definition) is 2. The van der Waals surface area contributed by atoms with Crippen molar-refractivity contribution in [3.63, 3.8) is 0 Å². The summed E-state index contributed by atoms with van der Waals surface area (Å²) in [5.41, 5.74) is 1.68. The van der Waals surface area contributed by atoms with Gasteiger partial charge in [-0.15, -0.1) is 0 Å². The molecule has 27 heavy (non-hydrogen) atoms. The predicted molar refractivity (Wildman–Crippen MR) is 104 cm³/mol. The smallest absolute Gasteiger partial charge is 0.322 e. The summed E-state index contributed by atoms with van der Waals surface area (Å²) in [5, 5.41) is 6.49. The lowest BCUT2D eigenvalue weighted by Crippen LogP contribution is -2.38. The summed E-state index contributed by atoms with van der Waals surface area (Å²) in [6, 6.07) is 7.13. The minimum absolute atomic E-state index is 0.0694. The van der Waals surface area contributed by atoms with Crippen LogP contribution in [0.2, 0.25) is 0 Å². The van der Waals surface area contributed by atoms with Crippen molar-refractivity contribution in [2.24, 2.45) is 5.92 Å². The van der Waals surface area contributed by atoms with Gasteiger partial charge in [-0.2, -0.15) is 0 Å². The molecule has 0 radical (unpaired) electrons. The van der Waals surface area contributed by atoms with Crippen LogP contribution in [-0.4, -0.2) is 35.5 Å². The monoisotopic (exact) mass is 386 g/mol. The predicted octanol–water partition coefficient (Wildman–Crippen LogP) is 3.48. The Morgan fingerprint density at radius 2 is 2.15 bits per heavy atom. The van der Waals surface area contributed by atoms with E-state index in [2.05, 4.69) is 15.6 Å². The maximum atomic E-state index is 12.6. The first-order valence-corrected chi connectivity index (χ1v) is 9.93. The summed E-state index contributed by atoms with van der Waals surface area (Å²) < 4.78 is 5.19. The molecule has 2 N–H and O–H groups in total. The normalized spacial score (nSPS) is 16.3. The number of nitrogens with one attached hydrogen (secondary N) is 2. The van der Waals surface area contributed by atoms with Crippen LogP contribution in [0, 0.1) is 5.92 Å². The van der Waals surface area contributed by atoms with Crippen molar-refractivity contribution < 1.29 is 14.3 Å². The molecule has 1 aliphatic heterocycles. The van der Waals surface area contributed by atoms with Gasteiger partial charge in [-0.3, -0.25) is 4.79 Å². The van der Waals surface area contributed by atoms with Gasteiger partial charge in [0.15, 0.2) is 5.13 Å². The molecule has 142 valence electrons. The number of urea groups is 1. The third kappa shape index (κ3) is 3.90. The molecule has 1 aliphatic carbocycles. The third-order valence-electron chi connectivity index (χ3n) is 5.05. The molecule has 8 heteroatoms. The number of carbonyl (C=O) groups excluding carboxylic acids is 2. The van der Waals surface area contributed by atoms with Gasteiger partial charge < -0.3 is 20.3 Å². The zero-order chi connectivity index (χ0) is 18.8. The first-order chi connectivity index (χ1) is 13.1. The Balaban J connectivity index is 1.38. The third-order valence-corrected chi connectivity index (χ3v) is 6.04. The Bertz CT molecular complexity index is 862. The zero-order valence-electron chi connectivity index (χ0n) is 15.2. The van der Waals surface area contributed by atoms with Crippen molar-refractivity contribution in [3.8, 4) is 5.75 Å². The van der Waals surface area contributed by atoms with Crippen LogP contribution in [-0.2, 0) is 17.8 Å². The van der Waals surface area contributed by atoms with E-state index < -0.39 is 0 Å². The molecule has 1 aromatic heterocycles. The van der Waals surface area contributed by atoms with E-state index >= 15 is 0 Å². The Labute approximate surface area is 161 Å². The number of hydrogen-bond acceptors (Lipinski definition) is 5. The highest BCUT2D eigenvalue weighted by molar-refractivity contribution is 7.15. The fourth-order valence-corrected chi connectivity index (χ4v) is 4.23. The second-order valence-corrected chi connectivity index (χ2v) is 7.92. The summed E-state index contributed by atoms with van der Waals surface area (Å²) >= 11 is 1.46. The van der Waals surface area contributed by atoms with Gasteiger partial charge in [0.05, 0.1) is 19.3 Å². The lowest BCUT2D eigenvalue weighted by atomic mass is 9.85. The average Bonchev–Trinajstić information content (AvgIpc) is 3.01. The molecule has 0 saturated heterocycles. The SMILES string of the molecule is COc1cccc(NC(=O)N2CCc3nc(NC(=O)C4CCC4)sc3C2)c1. The van der Waals surface area contributed by atoms with Crippen molar-refractivity contribution in [3.05, 3.63) is 34.8 Å². The lowest BCUT2D eigenvalue weighted by Gasteiger charge is -2.26. The molecule has 4 rings (SSSR count). The van der Waals surface area contributed by atoms with E-state index in [0.29, 0.717) is 36.1 Å². The van der Waals surface area contributed by atoms with E-state index in [9.17, 15) is 9.59 Å². The summed E-state index contributed by atoms with van der Waals surface area (Å²) in [6.45, 7) is 1.10. The largest absolute Gasteiger partial charge is 0.497 e. The Morgan fingerprint density at radius 3 is 2.89 bits per heavy atom. The topological polar surface area (TPSA) is 83.6 Å². The van der Waals surface area contributed by atoms with Crippen LogP contribution in [0.25, 0.3) is 0 Å². The molecule has 0 bridgehead atoms. The molecule has 1 aromatic carbocycles. The molecule has 1 saturated carbocycles. The van der Waals surface area contributed by atoms with Gasteiger partial charge in [-0.25, -0.2) is 9.78 Å². The Kier molecular flexibility index (Phi) is 4.98. The molecule has 2 aliphatic rings. The number of methoxy groups -OCH3 is 1. The van der Waals surface area contributed by atoms with E-state index in [1.807, 2.05) is 18.2 Å². The standard InChI is InChI=1S/C19H22N4O3S/c1-26-14-7-3-6-13(10-14)20-19(25)23-9-8-15-16(11-23)27-18(21-15)22-17(24)12-4-2-5-12/h3,6-7,10,12H,2,4-5,8-9,11H2,1H3,(H,20,25)(H,21,22,24). The number of rotatable bonds is 4. The molecule has 3 amide bonds. The van der Waals surface area contributed by atoms with Gasteiger partial charge in [0, 0.05) is 35.5 Å². The van der Waals surface area contributed by atoms with E-state index in [-0.39, 0.29) is 17.9 Å². The molecule has 2 aromatic rings. The molecular formula is C19H22N4O3S. The quantitative estimate of drug-likeness (QED) is 0.843. The Hall–Kier alpha value is -2.61. The van der Waals surface area contributed by atoms with Crippen molar-refractivity contribution in [1.29, 1.82) is 0 Å². The maximum absolute atomic E-state index is 12.6. The van der Waals surface area contributed by atoms with E-state index in [1.165, 1.54) is 11.3 Å². The minimum atomic E-state index is -0.151. The molecule has 0 atom stereocenters. The zero-order valence-corrected chi connectivity index (χ0v) is 16.0. The Morgan fingerprint density at radius 1 is 1.30 bits per heavy atom. The van der Waals surface area contributed by atoms with Crippen molar-refractivity contribution in [2.45, 2.75) is 32.2 Å². The van der Waals surface area contributed by atoms with Gasteiger partial charge in [-0.1, -0.05) is 23.8 Å². The molecule has 0 unspecified atom stereocenters. The summed E-state index contributed by atoms with van der Waals surface area (Å²) in [5.74, 6) is 0.902. The first-order valence-electron chi connectivity index (χ1n) is 9.12. The second kappa shape index (κ2) is 7.56. The van der Waals surface area contributed by atoms with Crippen molar-refractivity contribution >= 4 is 34.1 Å². The van der Waals surface area contributed by atoms with Crippen molar-refractivity contribution in [2.75, 3.05) is 24.3 Å². The summed E-state index contributed by atoms with van der Waals surface area (Å²) in [7, 11) is 1.60. The van der Waals surface area contributed by atoms with Crippen LogP contribution in [0.5, 0.6) is 5.75 Å². The highest BCUT2D eigenvalue weighted by Crippen LogP contribution is 2.31. The van der Waals surface area contributed by atoms with Crippen LogP contribution in [0.1, 0.15) is 29.8 Å². The van der Waals surface area contributed by atoms with Crippen LogP contribution in [0.15, 0.2) is 24.3 Å². The van der Waals surface area contributed by atoms with E-state index in [0.717, 1.165) is 29.8 Å². The maximum Gasteiger partial charge on any atom is 0.322 e. The number of benzene rings is 1. The molecule has 1 fully saturated rings. The first kappa shape index (κ1) is 17.8. The molecular weight excluding hydrogens is 364 g/mol. The number of fused-ring (bicyclic) bond motifs is 1. The van der Waals surface area contributed by atoms with Crippen molar-refractivity contribution in [1.82, 2.24) is 9.88 Å². The number of ether oxygens (including phenoxy) is 1. The summed E-state index contributed by atoms with van der Waals surface area (Å²) in [6.07, 6.45) is 3.75. The van der Waals surface area contributed by atoms with Gasteiger partial charge >= 0.3 is 6.03 Å². The number of anilines is 2. The van der Waals surface area contributed by atoms with E-state index in [4.69, 9.17) is 4.74 Å². The number of amides is 3. The minimum Gasteiger partial charge on any atom is -0.497 e. The second-order valence-electron chi connectivity index (χ2n) is 6.84. The number of nitrogens with zero attached hydrogens (tertiary/aromatic N) is 2. The van der Waals surface area contributed by atoms with Gasteiger partial charge in [-0.05, 0) is 25.0 Å². The van der Waals surface area contributed by atoms with Gasteiger partial charge in [0.2, 0.25) is 5.91 Å². The average molecular weight is 386 g/mol. The number of aromatic nitrogens is 1. The highest BCUT2D eigenvalue weighted by Gasteiger charge is 2.28. The fourth-order valence-electron chi connectivity index (χ4n) is 3.20. The van der Waals surface area contributed by atoms with Crippen LogP contribution >= 0.6 is 11.3 Å². The molecule has 0 spiro atoms. The van der Waals surface area contributed by atoms with Gasteiger partial charge in [0.25, 0.3) is 0 Å². The van der Waals surface area contributed by atoms with Gasteiger partial charge in [0.1, 0.15) is 5.75 Å². The van der Waals surface area contributed by atoms with Crippen LogP contribution in [0.4, 0.5) is 15.6 Å². The lowest BCUT2D eigenvalue weighted by molar-refractivity contribution is -0.122. The molecule has 7 nitrogen and oxygen atoms in total. The molecule has 2 heterocycles. The van der Waals surface area contributed by atoms with Crippen LogP contribution in [0.3, 0.4) is 0 Å².